The molecule has 2 aromatic heterocycles. The van der Waals surface area contributed by atoms with Gasteiger partial charge in [0, 0.05) is 33.0 Å². The van der Waals surface area contributed by atoms with Gasteiger partial charge in [-0.15, -0.1) is 0 Å². The van der Waals surface area contributed by atoms with E-state index in [1.54, 1.807) is 72.8 Å². The van der Waals surface area contributed by atoms with E-state index in [0.29, 0.717) is 44.3 Å². The van der Waals surface area contributed by atoms with Crippen molar-refractivity contribution in [1.29, 1.82) is 0 Å². The maximum atomic E-state index is 11.6. The molecule has 170 valence electrons. The molecule has 3 aromatic carbocycles. The van der Waals surface area contributed by atoms with Gasteiger partial charge in [-0.05, 0) is 24.3 Å². The quantitative estimate of drug-likeness (QED) is 0.418. The Labute approximate surface area is 194 Å². The second kappa shape index (κ2) is 9.45. The van der Waals surface area contributed by atoms with Crippen molar-refractivity contribution in [2.75, 3.05) is 0 Å². The van der Waals surface area contributed by atoms with Gasteiger partial charge in [-0.1, -0.05) is 60.7 Å². The summed E-state index contributed by atoms with van der Waals surface area (Å²) in [6, 6.07) is 24.1. The number of hydrogen-bond acceptors (Lipinski definition) is 6. The first-order chi connectivity index (χ1) is 15.5. The summed E-state index contributed by atoms with van der Waals surface area (Å²) < 4.78 is 0. The highest BCUT2D eigenvalue weighted by Gasteiger charge is 2.11. The van der Waals surface area contributed by atoms with E-state index < -0.39 is 11.9 Å². The summed E-state index contributed by atoms with van der Waals surface area (Å²) in [4.78, 5) is 32.4. The lowest BCUT2D eigenvalue weighted by molar-refractivity contribution is -0.255. The van der Waals surface area contributed by atoms with Crippen LogP contribution in [0.2, 0.25) is 0 Å². The molecule has 0 atom stereocenters. The molecular weight excluding hydrogens is 432 g/mol. The highest BCUT2D eigenvalue weighted by Crippen LogP contribution is 2.28. The number of pyridine rings is 2. The summed E-state index contributed by atoms with van der Waals surface area (Å²) in [5.74, 6) is -2.53. The van der Waals surface area contributed by atoms with Gasteiger partial charge in [-0.25, -0.2) is 9.97 Å². The molecule has 0 saturated heterocycles. The number of carboxylic acid groups (broad SMARTS) is 2. The maximum Gasteiger partial charge on any atom is 0.0722 e. The Hall–Kier alpha value is -4.66. The average molecular weight is 454 g/mol. The van der Waals surface area contributed by atoms with Gasteiger partial charge in [0.15, 0.2) is 0 Å². The van der Waals surface area contributed by atoms with E-state index in [0.717, 1.165) is 0 Å². The Morgan fingerprint density at radius 1 is 0.559 bits per heavy atom. The van der Waals surface area contributed by atoms with Gasteiger partial charge in [-0.3, -0.25) is 0 Å². The lowest BCUT2D eigenvalue weighted by Crippen LogP contribution is -2.22. The molecule has 8 nitrogen and oxygen atoms in total. The van der Waals surface area contributed by atoms with Crippen LogP contribution in [-0.4, -0.2) is 21.9 Å². The third-order valence-electron chi connectivity index (χ3n) is 5.35. The Morgan fingerprint density at radius 3 is 1.26 bits per heavy atom. The molecule has 5 aromatic rings. The van der Waals surface area contributed by atoms with Gasteiger partial charge in [0.05, 0.1) is 34.4 Å². The van der Waals surface area contributed by atoms with Gasteiger partial charge in [0.1, 0.15) is 0 Å². The first-order valence-electron chi connectivity index (χ1n) is 9.84. The average Bonchev–Trinajstić information content (AvgIpc) is 2.82. The number of nitrogens with zero attached hydrogens (tertiary/aromatic N) is 2. The van der Waals surface area contributed by atoms with E-state index >= 15 is 0 Å². The zero-order valence-corrected chi connectivity index (χ0v) is 18.6. The molecular formula is C26H22N4O4. The molecule has 0 amide bonds. The minimum absolute atomic E-state index is 0. The van der Waals surface area contributed by atoms with Gasteiger partial charge >= 0.3 is 0 Å². The monoisotopic (exact) mass is 454 g/mol. The van der Waals surface area contributed by atoms with Crippen LogP contribution in [0.4, 0.5) is 0 Å². The molecule has 8 heteroatoms. The van der Waals surface area contributed by atoms with Crippen LogP contribution >= 0.6 is 0 Å². The van der Waals surface area contributed by atoms with Crippen LogP contribution in [0.25, 0.3) is 44.3 Å². The summed E-state index contributed by atoms with van der Waals surface area (Å²) in [6.45, 7) is 0. The number of carbonyl (C=O) groups excluding carboxylic acids is 2. The number of rotatable bonds is 4. The molecule has 0 bridgehead atoms. The highest BCUT2D eigenvalue weighted by atomic mass is 16.4. The maximum absolute atomic E-state index is 11.6. The minimum Gasteiger partial charge on any atom is -0.545 e. The summed E-state index contributed by atoms with van der Waals surface area (Å²) >= 11 is 0. The number of carbonyl (C=O) groups is 2. The zero-order valence-electron chi connectivity index (χ0n) is 18.6. The number of para-hydroxylation sites is 2. The predicted octanol–water partition coefficient (Wildman–Crippen LogP) is 3.60. The van der Waals surface area contributed by atoms with Gasteiger partial charge in [0.25, 0.3) is 0 Å². The molecule has 0 spiro atoms. The molecule has 34 heavy (non-hydrogen) atoms. The predicted molar refractivity (Wildman–Crippen MR) is 129 cm³/mol. The van der Waals surface area contributed by atoms with Crippen molar-refractivity contribution in [3.63, 3.8) is 0 Å². The molecule has 8 N–H and O–H groups in total. The molecule has 0 saturated carbocycles. The number of quaternary nitrogens is 2. The molecule has 0 aliphatic heterocycles. The lowest BCUT2D eigenvalue weighted by atomic mass is 10.0. The fraction of sp³-hybridized carbons (Fsp3) is 0. The number of aromatic nitrogens is 2. The second-order valence-corrected chi connectivity index (χ2v) is 7.30. The summed E-state index contributed by atoms with van der Waals surface area (Å²) in [5.41, 5.74) is 3.68. The van der Waals surface area contributed by atoms with Crippen LogP contribution in [0.15, 0.2) is 84.9 Å². The van der Waals surface area contributed by atoms with Crippen molar-refractivity contribution in [3.05, 3.63) is 96.1 Å². The van der Waals surface area contributed by atoms with Crippen molar-refractivity contribution in [2.24, 2.45) is 0 Å². The summed E-state index contributed by atoms with van der Waals surface area (Å²) in [5, 5.41) is 24.3. The fourth-order valence-electron chi connectivity index (χ4n) is 3.80. The topological polar surface area (TPSA) is 179 Å². The normalized spacial score (nSPS) is 10.4. The number of fused-ring (bicyclic) bond motifs is 2. The van der Waals surface area contributed by atoms with Crippen LogP contribution in [0.5, 0.6) is 0 Å². The van der Waals surface area contributed by atoms with Crippen molar-refractivity contribution in [1.82, 2.24) is 22.3 Å². The van der Waals surface area contributed by atoms with Gasteiger partial charge in [-0.2, -0.15) is 0 Å². The largest absolute Gasteiger partial charge is 0.545 e. The Balaban J connectivity index is 0.00000162. The van der Waals surface area contributed by atoms with E-state index in [9.17, 15) is 19.8 Å². The minimum atomic E-state index is -1.27. The lowest BCUT2D eigenvalue weighted by Gasteiger charge is -2.12. The SMILES string of the molecule is O=C([O-])c1cc(-c2ccc(-c3cc(C(=O)[O-])c4ccccc4n3)cc2)nc2ccccc12.[NH4+].[NH4+]. The third-order valence-corrected chi connectivity index (χ3v) is 5.35. The molecule has 2 heterocycles. The molecule has 5 rings (SSSR count). The van der Waals surface area contributed by atoms with E-state index in [4.69, 9.17) is 0 Å². The molecule has 0 unspecified atom stereocenters. The van der Waals surface area contributed by atoms with E-state index in [-0.39, 0.29) is 23.4 Å². The van der Waals surface area contributed by atoms with Crippen LogP contribution in [-0.2, 0) is 0 Å². The zero-order chi connectivity index (χ0) is 22.2. The van der Waals surface area contributed by atoms with Gasteiger partial charge < -0.3 is 32.1 Å². The number of hydrogen-bond donors (Lipinski definition) is 2. The second-order valence-electron chi connectivity index (χ2n) is 7.30. The third kappa shape index (κ3) is 4.18. The first kappa shape index (κ1) is 24.0. The number of benzene rings is 3. The van der Waals surface area contributed by atoms with Crippen LogP contribution in [0.3, 0.4) is 0 Å². The molecule has 0 fully saturated rings. The Morgan fingerprint density at radius 2 is 0.912 bits per heavy atom. The van der Waals surface area contributed by atoms with E-state index in [1.165, 1.54) is 12.1 Å². The highest BCUT2D eigenvalue weighted by molar-refractivity contribution is 6.03. The van der Waals surface area contributed by atoms with E-state index in [1.807, 2.05) is 0 Å². The first-order valence-corrected chi connectivity index (χ1v) is 9.84. The smallest absolute Gasteiger partial charge is 0.0722 e. The standard InChI is InChI=1S/C26H16N2O4.2H3N/c29-25(30)19-13-23(27-21-7-3-1-5-17(19)21)15-9-11-16(12-10-15)24-14-20(26(31)32)18-6-2-4-8-22(18)28-24;;/h1-14H,(H,29,30)(H,31,32);2*1H3. The van der Waals surface area contributed by atoms with E-state index in [2.05, 4.69) is 9.97 Å². The molecule has 0 radical (unpaired) electrons. The summed E-state index contributed by atoms with van der Waals surface area (Å²) in [7, 11) is 0. The van der Waals surface area contributed by atoms with Crippen molar-refractivity contribution in [3.8, 4) is 22.5 Å². The molecule has 0 aliphatic carbocycles. The van der Waals surface area contributed by atoms with Crippen molar-refractivity contribution < 1.29 is 19.8 Å². The number of aromatic carboxylic acids is 2. The Kier molecular flexibility index (Phi) is 6.67. The van der Waals surface area contributed by atoms with Crippen LogP contribution < -0.4 is 22.5 Å². The number of carboxylic acids is 2. The van der Waals surface area contributed by atoms with Crippen molar-refractivity contribution in [2.45, 2.75) is 0 Å². The fourth-order valence-corrected chi connectivity index (χ4v) is 3.80. The van der Waals surface area contributed by atoms with Crippen LogP contribution in [0.1, 0.15) is 20.7 Å². The van der Waals surface area contributed by atoms with Crippen LogP contribution in [0, 0.1) is 0 Å². The van der Waals surface area contributed by atoms with Gasteiger partial charge in [0.2, 0.25) is 0 Å². The van der Waals surface area contributed by atoms with Crippen molar-refractivity contribution >= 4 is 33.7 Å². The summed E-state index contributed by atoms with van der Waals surface area (Å²) in [6.07, 6.45) is 0. The molecule has 0 aliphatic rings. The Bertz CT molecular complexity index is 1420.